The molecule has 1 saturated heterocycles. The molecular formula is C18H28N2O4. The number of hydroxylamine groups is 2. The number of nitro groups is 1. The quantitative estimate of drug-likeness (QED) is 0.636. The Morgan fingerprint density at radius 1 is 1.21 bits per heavy atom. The number of aliphatic hydroxyl groups is 1. The number of piperidine rings is 1. The third-order valence-electron chi connectivity index (χ3n) is 4.75. The van der Waals surface area contributed by atoms with E-state index in [4.69, 9.17) is 4.84 Å². The lowest BCUT2D eigenvalue weighted by Gasteiger charge is -2.52. The van der Waals surface area contributed by atoms with Gasteiger partial charge in [-0.15, -0.1) is 0 Å². The minimum atomic E-state index is -0.414. The molecule has 134 valence electrons. The van der Waals surface area contributed by atoms with Gasteiger partial charge in [0.15, 0.2) is 0 Å². The van der Waals surface area contributed by atoms with Crippen molar-refractivity contribution in [2.45, 2.75) is 70.6 Å². The molecule has 0 radical (unpaired) electrons. The van der Waals surface area contributed by atoms with Crippen LogP contribution in [0.3, 0.4) is 0 Å². The fraction of sp³-hybridized carbons (Fsp3) is 0.667. The highest BCUT2D eigenvalue weighted by molar-refractivity contribution is 5.33. The Labute approximate surface area is 143 Å². The SMILES string of the molecule is CC1(C)CCCC(C)(C)N1O[C@H](CO)Cc1ccc([N+](=O)[O-])cc1. The maximum absolute atomic E-state index is 10.7. The summed E-state index contributed by atoms with van der Waals surface area (Å²) in [6.07, 6.45) is 3.39. The van der Waals surface area contributed by atoms with E-state index in [1.165, 1.54) is 12.1 Å². The van der Waals surface area contributed by atoms with Gasteiger partial charge in [-0.2, -0.15) is 5.06 Å². The lowest BCUT2D eigenvalue weighted by molar-refractivity contribution is -0.384. The van der Waals surface area contributed by atoms with Crippen LogP contribution in [0.5, 0.6) is 0 Å². The second-order valence-electron chi connectivity index (χ2n) is 7.81. The van der Waals surface area contributed by atoms with E-state index < -0.39 is 4.92 Å². The van der Waals surface area contributed by atoms with E-state index in [-0.39, 0.29) is 29.5 Å². The van der Waals surface area contributed by atoms with Crippen LogP contribution < -0.4 is 0 Å². The second-order valence-corrected chi connectivity index (χ2v) is 7.81. The van der Waals surface area contributed by atoms with Crippen LogP contribution in [0, 0.1) is 10.1 Å². The third kappa shape index (κ3) is 4.32. The zero-order chi connectivity index (χ0) is 18.0. The summed E-state index contributed by atoms with van der Waals surface area (Å²) >= 11 is 0. The normalized spacial score (nSPS) is 21.4. The van der Waals surface area contributed by atoms with Crippen molar-refractivity contribution in [3.8, 4) is 0 Å². The number of nitrogens with zero attached hydrogens (tertiary/aromatic N) is 2. The maximum atomic E-state index is 10.7. The molecule has 1 atom stereocenters. The Morgan fingerprint density at radius 2 is 1.75 bits per heavy atom. The first-order valence-electron chi connectivity index (χ1n) is 8.47. The van der Waals surface area contributed by atoms with Crippen LogP contribution in [0.1, 0.15) is 52.5 Å². The van der Waals surface area contributed by atoms with E-state index >= 15 is 0 Å². The summed E-state index contributed by atoms with van der Waals surface area (Å²) in [6, 6.07) is 6.41. The van der Waals surface area contributed by atoms with Crippen molar-refractivity contribution in [3.63, 3.8) is 0 Å². The molecule has 6 nitrogen and oxygen atoms in total. The standard InChI is InChI=1S/C18H28N2O4/c1-17(2)10-5-11-18(3,4)20(17)24-16(13-21)12-14-6-8-15(9-7-14)19(22)23/h6-9,16,21H,5,10-13H2,1-4H3/t16-/m0/s1. The Hall–Kier alpha value is -1.50. The molecular weight excluding hydrogens is 308 g/mol. The molecule has 24 heavy (non-hydrogen) atoms. The molecule has 1 heterocycles. The minimum Gasteiger partial charge on any atom is -0.394 e. The summed E-state index contributed by atoms with van der Waals surface area (Å²) in [5.41, 5.74) is 0.792. The molecule has 0 bridgehead atoms. The van der Waals surface area contributed by atoms with E-state index in [1.54, 1.807) is 12.1 Å². The molecule has 0 unspecified atom stereocenters. The van der Waals surface area contributed by atoms with Gasteiger partial charge in [0.05, 0.1) is 11.5 Å². The Bertz CT molecular complexity index is 553. The van der Waals surface area contributed by atoms with E-state index in [0.717, 1.165) is 24.8 Å². The predicted octanol–water partition coefficient (Wildman–Crippen LogP) is 3.47. The topological polar surface area (TPSA) is 75.8 Å². The molecule has 0 saturated carbocycles. The summed E-state index contributed by atoms with van der Waals surface area (Å²) in [4.78, 5) is 16.5. The molecule has 0 aromatic heterocycles. The molecule has 2 rings (SSSR count). The van der Waals surface area contributed by atoms with Gasteiger partial charge >= 0.3 is 0 Å². The van der Waals surface area contributed by atoms with Crippen LogP contribution >= 0.6 is 0 Å². The summed E-state index contributed by atoms with van der Waals surface area (Å²) in [5, 5.41) is 22.5. The smallest absolute Gasteiger partial charge is 0.269 e. The highest BCUT2D eigenvalue weighted by atomic mass is 16.7. The van der Waals surface area contributed by atoms with Gasteiger partial charge in [0, 0.05) is 29.6 Å². The number of aliphatic hydroxyl groups excluding tert-OH is 1. The molecule has 1 fully saturated rings. The van der Waals surface area contributed by atoms with Crippen LogP contribution in [-0.2, 0) is 11.3 Å². The van der Waals surface area contributed by atoms with Gasteiger partial charge in [0.25, 0.3) is 5.69 Å². The zero-order valence-corrected chi connectivity index (χ0v) is 15.0. The Morgan fingerprint density at radius 3 is 2.21 bits per heavy atom. The zero-order valence-electron chi connectivity index (χ0n) is 15.0. The number of benzene rings is 1. The first-order valence-corrected chi connectivity index (χ1v) is 8.47. The van der Waals surface area contributed by atoms with Crippen molar-refractivity contribution in [2.75, 3.05) is 6.61 Å². The number of hydrogen-bond acceptors (Lipinski definition) is 5. The van der Waals surface area contributed by atoms with E-state index in [0.29, 0.717) is 6.42 Å². The number of nitro benzene ring substituents is 1. The summed E-state index contributed by atoms with van der Waals surface area (Å²) in [7, 11) is 0. The molecule has 0 amide bonds. The van der Waals surface area contributed by atoms with Crippen molar-refractivity contribution in [1.29, 1.82) is 0 Å². The highest BCUT2D eigenvalue weighted by Gasteiger charge is 2.43. The maximum Gasteiger partial charge on any atom is 0.269 e. The molecule has 6 heteroatoms. The first-order chi connectivity index (χ1) is 11.2. The molecule has 1 aliphatic rings. The summed E-state index contributed by atoms with van der Waals surface area (Å²) < 4.78 is 0. The number of hydrogen-bond donors (Lipinski definition) is 1. The number of rotatable bonds is 6. The summed E-state index contributed by atoms with van der Waals surface area (Å²) in [6.45, 7) is 8.55. The van der Waals surface area contributed by atoms with Gasteiger partial charge in [0.1, 0.15) is 6.10 Å². The summed E-state index contributed by atoms with van der Waals surface area (Å²) in [5.74, 6) is 0. The monoisotopic (exact) mass is 336 g/mol. The van der Waals surface area contributed by atoms with Crippen LogP contribution in [0.2, 0.25) is 0 Å². The third-order valence-corrected chi connectivity index (χ3v) is 4.75. The second kappa shape index (κ2) is 7.17. The molecule has 1 aliphatic heterocycles. The van der Waals surface area contributed by atoms with E-state index in [2.05, 4.69) is 27.7 Å². The van der Waals surface area contributed by atoms with Crippen LogP contribution in [-0.4, -0.2) is 38.9 Å². The van der Waals surface area contributed by atoms with Crippen molar-refractivity contribution in [1.82, 2.24) is 5.06 Å². The minimum absolute atomic E-state index is 0.0681. The fourth-order valence-electron chi connectivity index (χ4n) is 3.56. The molecule has 0 spiro atoms. The number of non-ortho nitro benzene ring substituents is 1. The van der Waals surface area contributed by atoms with Crippen LogP contribution in [0.15, 0.2) is 24.3 Å². The van der Waals surface area contributed by atoms with Gasteiger partial charge in [-0.1, -0.05) is 12.1 Å². The molecule has 1 aromatic rings. The average Bonchev–Trinajstić information content (AvgIpc) is 2.49. The van der Waals surface area contributed by atoms with Gasteiger partial charge in [-0.25, -0.2) is 0 Å². The molecule has 1 aromatic carbocycles. The van der Waals surface area contributed by atoms with Crippen molar-refractivity contribution in [2.24, 2.45) is 0 Å². The lowest BCUT2D eigenvalue weighted by Crippen LogP contribution is -2.59. The lowest BCUT2D eigenvalue weighted by atomic mass is 9.82. The van der Waals surface area contributed by atoms with Crippen molar-refractivity contribution < 1.29 is 14.9 Å². The molecule has 0 aliphatic carbocycles. The van der Waals surface area contributed by atoms with Crippen LogP contribution in [0.25, 0.3) is 0 Å². The van der Waals surface area contributed by atoms with E-state index in [1.807, 2.05) is 5.06 Å². The fourth-order valence-corrected chi connectivity index (χ4v) is 3.56. The van der Waals surface area contributed by atoms with Crippen LogP contribution in [0.4, 0.5) is 5.69 Å². The van der Waals surface area contributed by atoms with Gasteiger partial charge in [-0.05, 0) is 52.5 Å². The van der Waals surface area contributed by atoms with E-state index in [9.17, 15) is 15.2 Å². The van der Waals surface area contributed by atoms with Crippen molar-refractivity contribution >= 4 is 5.69 Å². The Balaban J connectivity index is 2.09. The largest absolute Gasteiger partial charge is 0.394 e. The first kappa shape index (κ1) is 18.8. The Kier molecular flexibility index (Phi) is 5.63. The van der Waals surface area contributed by atoms with Crippen molar-refractivity contribution in [3.05, 3.63) is 39.9 Å². The van der Waals surface area contributed by atoms with Gasteiger partial charge in [0.2, 0.25) is 0 Å². The highest BCUT2D eigenvalue weighted by Crippen LogP contribution is 2.39. The average molecular weight is 336 g/mol. The van der Waals surface area contributed by atoms with Gasteiger partial charge < -0.3 is 5.11 Å². The predicted molar refractivity (Wildman–Crippen MR) is 92.6 cm³/mol. The van der Waals surface area contributed by atoms with Gasteiger partial charge in [-0.3, -0.25) is 15.0 Å². The molecule has 1 N–H and O–H groups in total.